The lowest BCUT2D eigenvalue weighted by Gasteiger charge is -2.34. The van der Waals surface area contributed by atoms with E-state index >= 15 is 0 Å². The highest BCUT2D eigenvalue weighted by atomic mass is 16.5. The van der Waals surface area contributed by atoms with Gasteiger partial charge in [0.1, 0.15) is 0 Å². The number of likely N-dealkylation sites (tertiary alicyclic amines) is 1. The van der Waals surface area contributed by atoms with Crippen LogP contribution in [-0.4, -0.2) is 61.1 Å². The first-order valence-corrected chi connectivity index (χ1v) is 7.74. The molecule has 110 valence electrons. The Bertz CT molecular complexity index is 282. The molecule has 2 aliphatic rings. The van der Waals surface area contributed by atoms with Crippen LogP contribution in [0.3, 0.4) is 0 Å². The van der Waals surface area contributed by atoms with E-state index in [1.165, 1.54) is 25.9 Å². The van der Waals surface area contributed by atoms with E-state index in [2.05, 4.69) is 4.90 Å². The van der Waals surface area contributed by atoms with E-state index < -0.39 is 0 Å². The molecule has 4 nitrogen and oxygen atoms in total. The second kappa shape index (κ2) is 7.25. The molecule has 0 bridgehead atoms. The number of nitrogens with zero attached hydrogens (tertiary/aromatic N) is 2. The number of ether oxygens (including phenoxy) is 1. The molecule has 0 aromatic carbocycles. The Hall–Kier alpha value is -0.610. The summed E-state index contributed by atoms with van der Waals surface area (Å²) in [6, 6.07) is 0.427. The predicted molar refractivity (Wildman–Crippen MR) is 76.1 cm³/mol. The van der Waals surface area contributed by atoms with Gasteiger partial charge in [-0.2, -0.15) is 0 Å². The molecule has 1 aliphatic carbocycles. The maximum atomic E-state index is 11.3. The second-order valence-corrected chi connectivity index (χ2v) is 5.98. The van der Waals surface area contributed by atoms with Crippen LogP contribution in [-0.2, 0) is 9.53 Å². The molecule has 2 rings (SSSR count). The van der Waals surface area contributed by atoms with Crippen LogP contribution in [0.2, 0.25) is 0 Å². The summed E-state index contributed by atoms with van der Waals surface area (Å²) in [4.78, 5) is 15.7. The molecule has 1 saturated heterocycles. The molecule has 1 amide bonds. The maximum absolute atomic E-state index is 11.3. The molecule has 0 spiro atoms. The Labute approximate surface area is 117 Å². The van der Waals surface area contributed by atoms with Gasteiger partial charge >= 0.3 is 0 Å². The van der Waals surface area contributed by atoms with Crippen molar-refractivity contribution in [3.05, 3.63) is 0 Å². The summed E-state index contributed by atoms with van der Waals surface area (Å²) in [5, 5.41) is 0. The molecule has 1 aliphatic heterocycles. The van der Waals surface area contributed by atoms with E-state index in [4.69, 9.17) is 4.74 Å². The predicted octanol–water partition coefficient (Wildman–Crippen LogP) is 1.89. The number of carbonyl (C=O) groups excluding carboxylic acids is 1. The average molecular weight is 268 g/mol. The van der Waals surface area contributed by atoms with Gasteiger partial charge in [0, 0.05) is 26.6 Å². The maximum Gasteiger partial charge on any atom is 0.219 e. The number of hydrogen-bond donors (Lipinski definition) is 0. The van der Waals surface area contributed by atoms with Crippen LogP contribution in [0.1, 0.15) is 45.4 Å². The third-order valence-electron chi connectivity index (χ3n) is 4.65. The largest absolute Gasteiger partial charge is 0.377 e. The molecule has 2 fully saturated rings. The zero-order chi connectivity index (χ0) is 13.7. The summed E-state index contributed by atoms with van der Waals surface area (Å²) in [7, 11) is 1.92. The van der Waals surface area contributed by atoms with Gasteiger partial charge in [0.2, 0.25) is 5.91 Å². The molecule has 19 heavy (non-hydrogen) atoms. The fourth-order valence-electron chi connectivity index (χ4n) is 3.21. The van der Waals surface area contributed by atoms with Gasteiger partial charge in [0.15, 0.2) is 0 Å². The van der Waals surface area contributed by atoms with Crippen molar-refractivity contribution in [2.45, 2.75) is 57.6 Å². The lowest BCUT2D eigenvalue weighted by atomic mass is 9.92. The van der Waals surface area contributed by atoms with Crippen molar-refractivity contribution in [2.24, 2.45) is 0 Å². The summed E-state index contributed by atoms with van der Waals surface area (Å²) in [5.74, 6) is 0.179. The summed E-state index contributed by atoms with van der Waals surface area (Å²) >= 11 is 0. The molecule has 0 aromatic heterocycles. The minimum Gasteiger partial charge on any atom is -0.377 e. The molecule has 4 heteroatoms. The van der Waals surface area contributed by atoms with Gasteiger partial charge in [0.05, 0.1) is 12.7 Å². The highest BCUT2D eigenvalue weighted by Crippen LogP contribution is 2.24. The number of rotatable bonds is 5. The Morgan fingerprint density at radius 2 is 1.84 bits per heavy atom. The van der Waals surface area contributed by atoms with Crippen LogP contribution < -0.4 is 0 Å². The minimum absolute atomic E-state index is 0.179. The molecule has 0 N–H and O–H groups in total. The molecule has 0 unspecified atom stereocenters. The average Bonchev–Trinajstić information content (AvgIpc) is 2.92. The van der Waals surface area contributed by atoms with E-state index in [1.54, 1.807) is 6.92 Å². The van der Waals surface area contributed by atoms with E-state index in [1.807, 2.05) is 11.9 Å². The Balaban J connectivity index is 1.59. The zero-order valence-electron chi connectivity index (χ0n) is 12.4. The summed E-state index contributed by atoms with van der Waals surface area (Å²) in [6.45, 7) is 6.11. The first-order chi connectivity index (χ1) is 9.16. The zero-order valence-corrected chi connectivity index (χ0v) is 12.4. The van der Waals surface area contributed by atoms with Gasteiger partial charge in [-0.3, -0.25) is 4.79 Å². The van der Waals surface area contributed by atoms with E-state index in [0.29, 0.717) is 12.1 Å². The van der Waals surface area contributed by atoms with E-state index in [-0.39, 0.29) is 5.91 Å². The third kappa shape index (κ3) is 4.46. The smallest absolute Gasteiger partial charge is 0.219 e. The highest BCUT2D eigenvalue weighted by Gasteiger charge is 2.25. The Kier molecular flexibility index (Phi) is 5.64. The molecule has 0 aromatic rings. The van der Waals surface area contributed by atoms with Crippen molar-refractivity contribution in [3.8, 4) is 0 Å². The molecular weight excluding hydrogens is 240 g/mol. The third-order valence-corrected chi connectivity index (χ3v) is 4.65. The van der Waals surface area contributed by atoms with Crippen LogP contribution in [0.25, 0.3) is 0 Å². The standard InChI is InChI=1S/C15H28N2O2/c1-13(18)16(2)14-5-7-15(8-6-14)19-12-11-17-9-3-4-10-17/h14-15H,3-12H2,1-2H3/t14-,15-. The van der Waals surface area contributed by atoms with Crippen molar-refractivity contribution in [3.63, 3.8) is 0 Å². The van der Waals surface area contributed by atoms with Gasteiger partial charge in [-0.05, 0) is 51.6 Å². The van der Waals surface area contributed by atoms with Gasteiger partial charge in [0.25, 0.3) is 0 Å². The molecule has 0 atom stereocenters. The molecular formula is C15H28N2O2. The quantitative estimate of drug-likeness (QED) is 0.763. The Morgan fingerprint density at radius 1 is 1.21 bits per heavy atom. The fourth-order valence-corrected chi connectivity index (χ4v) is 3.21. The molecule has 0 radical (unpaired) electrons. The van der Waals surface area contributed by atoms with Crippen molar-refractivity contribution in [1.29, 1.82) is 0 Å². The SMILES string of the molecule is CC(=O)N(C)[C@H]1CC[C@H](OCCN2CCCC2)CC1. The molecule has 1 heterocycles. The number of amides is 1. The number of carbonyl (C=O) groups is 1. The summed E-state index contributed by atoms with van der Waals surface area (Å²) in [5.41, 5.74) is 0. The van der Waals surface area contributed by atoms with Crippen LogP contribution in [0.15, 0.2) is 0 Å². The van der Waals surface area contributed by atoms with Gasteiger partial charge in [-0.25, -0.2) is 0 Å². The molecule has 1 saturated carbocycles. The number of hydrogen-bond acceptors (Lipinski definition) is 3. The van der Waals surface area contributed by atoms with Crippen LogP contribution >= 0.6 is 0 Å². The highest BCUT2D eigenvalue weighted by molar-refractivity contribution is 5.73. The van der Waals surface area contributed by atoms with Crippen LogP contribution in [0.4, 0.5) is 0 Å². The lowest BCUT2D eigenvalue weighted by molar-refractivity contribution is -0.130. The normalized spacial score (nSPS) is 28.5. The van der Waals surface area contributed by atoms with Crippen molar-refractivity contribution in [2.75, 3.05) is 33.3 Å². The summed E-state index contributed by atoms with van der Waals surface area (Å²) < 4.78 is 5.99. The lowest BCUT2D eigenvalue weighted by Crippen LogP contribution is -2.39. The minimum atomic E-state index is 0.179. The van der Waals surface area contributed by atoms with Crippen molar-refractivity contribution < 1.29 is 9.53 Å². The van der Waals surface area contributed by atoms with Gasteiger partial charge < -0.3 is 14.5 Å². The van der Waals surface area contributed by atoms with Crippen LogP contribution in [0.5, 0.6) is 0 Å². The van der Waals surface area contributed by atoms with E-state index in [0.717, 1.165) is 38.8 Å². The van der Waals surface area contributed by atoms with Gasteiger partial charge in [-0.15, -0.1) is 0 Å². The first-order valence-electron chi connectivity index (χ1n) is 7.74. The van der Waals surface area contributed by atoms with Gasteiger partial charge in [-0.1, -0.05) is 0 Å². The monoisotopic (exact) mass is 268 g/mol. The van der Waals surface area contributed by atoms with E-state index in [9.17, 15) is 4.79 Å². The van der Waals surface area contributed by atoms with Crippen LogP contribution in [0, 0.1) is 0 Å². The first kappa shape index (κ1) is 14.8. The second-order valence-electron chi connectivity index (χ2n) is 5.98. The Morgan fingerprint density at radius 3 is 2.42 bits per heavy atom. The topological polar surface area (TPSA) is 32.8 Å². The summed E-state index contributed by atoms with van der Waals surface area (Å²) in [6.07, 6.45) is 7.49. The van der Waals surface area contributed by atoms with Crippen molar-refractivity contribution >= 4 is 5.91 Å². The fraction of sp³-hybridized carbons (Fsp3) is 0.933. The van der Waals surface area contributed by atoms with Crippen molar-refractivity contribution in [1.82, 2.24) is 9.80 Å².